The summed E-state index contributed by atoms with van der Waals surface area (Å²) in [5, 5.41) is 2.71. The largest absolute Gasteiger partial charge is 0.351 e. The molecule has 1 atom stereocenters. The minimum absolute atomic E-state index is 0.0209. The number of halogens is 1. The molecule has 1 unspecified atom stereocenters. The van der Waals surface area contributed by atoms with Crippen molar-refractivity contribution in [2.75, 3.05) is 0 Å². The van der Waals surface area contributed by atoms with Crippen molar-refractivity contribution in [3.63, 3.8) is 0 Å². The summed E-state index contributed by atoms with van der Waals surface area (Å²) in [6.45, 7) is 2.11. The Labute approximate surface area is 159 Å². The molecule has 4 N–H and O–H groups in total. The topological polar surface area (TPSA) is 101 Å². The summed E-state index contributed by atoms with van der Waals surface area (Å²) in [5.74, 6) is -0.694. The Balaban J connectivity index is 2.01. The maximum absolute atomic E-state index is 13.2. The van der Waals surface area contributed by atoms with Crippen LogP contribution in [0.25, 0.3) is 0 Å². The van der Waals surface area contributed by atoms with E-state index >= 15 is 0 Å². The summed E-state index contributed by atoms with van der Waals surface area (Å²) in [6.07, 6.45) is 1.39. The third-order valence-electron chi connectivity index (χ3n) is 3.97. The fraction of sp³-hybridized carbons (Fsp3) is 0.316. The first kappa shape index (κ1) is 21.0. The lowest BCUT2D eigenvalue weighted by molar-refractivity contribution is -0.122. The van der Waals surface area contributed by atoms with Crippen molar-refractivity contribution in [2.45, 2.75) is 43.8 Å². The Bertz CT molecular complexity index is 887. The predicted molar refractivity (Wildman–Crippen MR) is 102 cm³/mol. The van der Waals surface area contributed by atoms with Gasteiger partial charge in [-0.1, -0.05) is 37.6 Å². The summed E-state index contributed by atoms with van der Waals surface area (Å²) in [6, 6.07) is 11.4. The van der Waals surface area contributed by atoms with Gasteiger partial charge < -0.3 is 11.1 Å². The number of amides is 1. The molecule has 8 heteroatoms. The highest BCUT2D eigenvalue weighted by molar-refractivity contribution is 7.89. The zero-order valence-corrected chi connectivity index (χ0v) is 15.9. The van der Waals surface area contributed by atoms with Gasteiger partial charge in [-0.25, -0.2) is 17.5 Å². The Morgan fingerprint density at radius 1 is 1.11 bits per heavy atom. The van der Waals surface area contributed by atoms with Crippen LogP contribution < -0.4 is 15.8 Å². The van der Waals surface area contributed by atoms with Crippen LogP contribution in [0.3, 0.4) is 0 Å². The van der Waals surface area contributed by atoms with Crippen LogP contribution in [-0.2, 0) is 27.9 Å². The zero-order valence-electron chi connectivity index (χ0n) is 15.1. The van der Waals surface area contributed by atoms with E-state index in [1.165, 1.54) is 30.3 Å². The van der Waals surface area contributed by atoms with Crippen LogP contribution in [0.15, 0.2) is 53.4 Å². The fourth-order valence-electron chi connectivity index (χ4n) is 2.49. The molecule has 0 saturated carbocycles. The van der Waals surface area contributed by atoms with Crippen LogP contribution >= 0.6 is 0 Å². The Morgan fingerprint density at radius 2 is 1.78 bits per heavy atom. The number of rotatable bonds is 9. The second-order valence-electron chi connectivity index (χ2n) is 6.21. The number of sulfonamides is 1. The maximum atomic E-state index is 13.2. The number of benzene rings is 2. The van der Waals surface area contributed by atoms with Gasteiger partial charge in [0.2, 0.25) is 15.9 Å². The number of hydrogen-bond donors (Lipinski definition) is 3. The predicted octanol–water partition coefficient (Wildman–Crippen LogP) is 2.05. The van der Waals surface area contributed by atoms with Crippen molar-refractivity contribution in [1.82, 2.24) is 10.0 Å². The van der Waals surface area contributed by atoms with Gasteiger partial charge >= 0.3 is 0 Å². The molecule has 0 spiro atoms. The van der Waals surface area contributed by atoms with E-state index in [0.717, 1.165) is 6.42 Å². The molecule has 6 nitrogen and oxygen atoms in total. The summed E-state index contributed by atoms with van der Waals surface area (Å²) >= 11 is 0. The van der Waals surface area contributed by atoms with E-state index in [1.807, 2.05) is 6.92 Å². The van der Waals surface area contributed by atoms with Crippen LogP contribution in [0.1, 0.15) is 30.9 Å². The van der Waals surface area contributed by atoms with Gasteiger partial charge in [-0.15, -0.1) is 0 Å². The van der Waals surface area contributed by atoms with E-state index < -0.39 is 21.9 Å². The molecule has 0 saturated heterocycles. The van der Waals surface area contributed by atoms with E-state index in [2.05, 4.69) is 10.0 Å². The standard InChI is InChI=1S/C19H24FN3O3S/c1-2-5-18(21)19(24)22-12-15-7-4-9-17(11-15)27(25,26)23-13-14-6-3-8-16(20)10-14/h3-4,6-11,18,23H,2,5,12-13,21H2,1H3,(H,22,24). The van der Waals surface area contributed by atoms with Gasteiger partial charge in [0.1, 0.15) is 5.82 Å². The molecule has 2 aromatic carbocycles. The third kappa shape index (κ3) is 6.42. The lowest BCUT2D eigenvalue weighted by Crippen LogP contribution is -2.40. The van der Waals surface area contributed by atoms with Crippen LogP contribution in [0.5, 0.6) is 0 Å². The van der Waals surface area contributed by atoms with Crippen molar-refractivity contribution in [2.24, 2.45) is 5.73 Å². The molecule has 0 aromatic heterocycles. The van der Waals surface area contributed by atoms with E-state index in [-0.39, 0.29) is 23.9 Å². The molecule has 1 amide bonds. The van der Waals surface area contributed by atoms with Crippen LogP contribution in [0.2, 0.25) is 0 Å². The molecule has 0 fully saturated rings. The molecule has 0 aliphatic carbocycles. The van der Waals surface area contributed by atoms with Gasteiger partial charge in [-0.3, -0.25) is 4.79 Å². The van der Waals surface area contributed by atoms with Crippen molar-refractivity contribution in [3.8, 4) is 0 Å². The molecule has 146 valence electrons. The van der Waals surface area contributed by atoms with Crippen LogP contribution in [0.4, 0.5) is 4.39 Å². The molecule has 0 radical (unpaired) electrons. The molecular weight excluding hydrogens is 369 g/mol. The highest BCUT2D eigenvalue weighted by atomic mass is 32.2. The van der Waals surface area contributed by atoms with Crippen LogP contribution in [0, 0.1) is 5.82 Å². The average molecular weight is 393 g/mol. The summed E-state index contributed by atoms with van der Waals surface area (Å²) in [7, 11) is -3.77. The van der Waals surface area contributed by atoms with E-state index in [4.69, 9.17) is 5.73 Å². The number of hydrogen-bond acceptors (Lipinski definition) is 4. The highest BCUT2D eigenvalue weighted by Gasteiger charge is 2.15. The van der Waals surface area contributed by atoms with Gasteiger partial charge in [-0.2, -0.15) is 0 Å². The van der Waals surface area contributed by atoms with Gasteiger partial charge in [0.15, 0.2) is 0 Å². The quantitative estimate of drug-likeness (QED) is 0.607. The summed E-state index contributed by atoms with van der Waals surface area (Å²) in [5.41, 5.74) is 6.91. The number of carbonyl (C=O) groups excluding carboxylic acids is 1. The molecule has 0 bridgehead atoms. The maximum Gasteiger partial charge on any atom is 0.240 e. The molecule has 0 aliphatic heterocycles. The van der Waals surface area contributed by atoms with Crippen LogP contribution in [-0.4, -0.2) is 20.4 Å². The first-order chi connectivity index (χ1) is 12.8. The van der Waals surface area contributed by atoms with Crippen molar-refractivity contribution >= 4 is 15.9 Å². The zero-order chi connectivity index (χ0) is 19.9. The second-order valence-corrected chi connectivity index (χ2v) is 7.98. The summed E-state index contributed by atoms with van der Waals surface area (Å²) < 4.78 is 40.6. The van der Waals surface area contributed by atoms with Crippen molar-refractivity contribution < 1.29 is 17.6 Å². The Hall–Kier alpha value is -2.29. The number of carbonyl (C=O) groups is 1. The van der Waals surface area contributed by atoms with E-state index in [1.54, 1.807) is 18.2 Å². The van der Waals surface area contributed by atoms with E-state index in [9.17, 15) is 17.6 Å². The summed E-state index contributed by atoms with van der Waals surface area (Å²) in [4.78, 5) is 12.0. The van der Waals surface area contributed by atoms with Gasteiger partial charge in [0.05, 0.1) is 10.9 Å². The third-order valence-corrected chi connectivity index (χ3v) is 5.37. The lowest BCUT2D eigenvalue weighted by atomic mass is 10.1. The lowest BCUT2D eigenvalue weighted by Gasteiger charge is -2.12. The SMILES string of the molecule is CCCC(N)C(=O)NCc1cccc(S(=O)(=O)NCc2cccc(F)c2)c1. The van der Waals surface area contributed by atoms with Gasteiger partial charge in [-0.05, 0) is 41.8 Å². The molecule has 27 heavy (non-hydrogen) atoms. The Kier molecular flexibility index (Phi) is 7.46. The first-order valence-electron chi connectivity index (χ1n) is 8.68. The fourth-order valence-corrected chi connectivity index (χ4v) is 3.58. The van der Waals surface area contributed by atoms with Crippen molar-refractivity contribution in [3.05, 3.63) is 65.5 Å². The average Bonchev–Trinajstić information content (AvgIpc) is 2.65. The highest BCUT2D eigenvalue weighted by Crippen LogP contribution is 2.13. The number of nitrogens with one attached hydrogen (secondary N) is 2. The van der Waals surface area contributed by atoms with Gasteiger partial charge in [0, 0.05) is 13.1 Å². The minimum Gasteiger partial charge on any atom is -0.351 e. The molecular formula is C19H24FN3O3S. The smallest absolute Gasteiger partial charge is 0.240 e. The molecule has 0 heterocycles. The second kappa shape index (κ2) is 9.59. The van der Waals surface area contributed by atoms with Crippen molar-refractivity contribution in [1.29, 1.82) is 0 Å². The monoisotopic (exact) mass is 393 g/mol. The normalized spacial score (nSPS) is 12.6. The first-order valence-corrected chi connectivity index (χ1v) is 10.2. The van der Waals surface area contributed by atoms with Gasteiger partial charge in [0.25, 0.3) is 0 Å². The molecule has 0 aliphatic rings. The molecule has 2 aromatic rings. The number of nitrogens with two attached hydrogens (primary N) is 1. The Morgan fingerprint density at radius 3 is 2.44 bits per heavy atom. The minimum atomic E-state index is -3.77. The van der Waals surface area contributed by atoms with E-state index in [0.29, 0.717) is 17.5 Å². The molecule has 2 rings (SSSR count).